The summed E-state index contributed by atoms with van der Waals surface area (Å²) in [4.78, 5) is 17.0. The van der Waals surface area contributed by atoms with Crippen LogP contribution in [-0.2, 0) is 23.1 Å². The Morgan fingerprint density at radius 2 is 2.26 bits per heavy atom. The van der Waals surface area contributed by atoms with Crippen molar-refractivity contribution in [2.45, 2.75) is 38.3 Å². The van der Waals surface area contributed by atoms with E-state index in [1.54, 1.807) is 7.11 Å². The highest BCUT2D eigenvalue weighted by molar-refractivity contribution is 5.76. The molecule has 3 heterocycles. The van der Waals surface area contributed by atoms with E-state index in [0.29, 0.717) is 30.9 Å². The van der Waals surface area contributed by atoms with Crippen LogP contribution < -0.4 is 0 Å². The first kappa shape index (κ1) is 16.5. The minimum absolute atomic E-state index is 0.315. The maximum atomic E-state index is 12.4. The van der Waals surface area contributed by atoms with Gasteiger partial charge in [-0.2, -0.15) is 5.10 Å². The van der Waals surface area contributed by atoms with Crippen LogP contribution in [0, 0.1) is 5.92 Å². The highest BCUT2D eigenvalue weighted by Crippen LogP contribution is 2.31. The molecule has 3 rings (SSSR count). The molecule has 0 spiro atoms. The van der Waals surface area contributed by atoms with Crippen LogP contribution >= 0.6 is 0 Å². The van der Waals surface area contributed by atoms with E-state index in [0.717, 1.165) is 45.4 Å². The maximum Gasteiger partial charge on any atom is 0.222 e. The van der Waals surface area contributed by atoms with Crippen LogP contribution in [-0.4, -0.2) is 64.9 Å². The van der Waals surface area contributed by atoms with Gasteiger partial charge in [0, 0.05) is 64.6 Å². The van der Waals surface area contributed by atoms with E-state index < -0.39 is 0 Å². The second-order valence-corrected chi connectivity index (χ2v) is 6.85. The lowest BCUT2D eigenvalue weighted by Crippen LogP contribution is -2.52. The summed E-state index contributed by atoms with van der Waals surface area (Å²) in [5.41, 5.74) is 1.27. The lowest BCUT2D eigenvalue weighted by Gasteiger charge is -2.42. The molecule has 1 aromatic rings. The van der Waals surface area contributed by atoms with Crippen LogP contribution in [0.2, 0.25) is 0 Å². The largest absolute Gasteiger partial charge is 0.383 e. The number of aryl methyl sites for hydroxylation is 1. The zero-order chi connectivity index (χ0) is 16.2. The summed E-state index contributed by atoms with van der Waals surface area (Å²) in [5.74, 6) is 0.902. The number of rotatable bonds is 5. The van der Waals surface area contributed by atoms with Crippen LogP contribution in [0.1, 0.15) is 31.2 Å². The quantitative estimate of drug-likeness (QED) is 0.820. The second kappa shape index (κ2) is 7.45. The minimum Gasteiger partial charge on any atom is -0.383 e. The average molecular weight is 320 g/mol. The molecule has 128 valence electrons. The molecule has 2 aliphatic heterocycles. The van der Waals surface area contributed by atoms with E-state index in [2.05, 4.69) is 21.1 Å². The monoisotopic (exact) mass is 320 g/mol. The molecule has 1 amide bonds. The van der Waals surface area contributed by atoms with Crippen molar-refractivity contribution in [3.05, 3.63) is 18.0 Å². The molecule has 23 heavy (non-hydrogen) atoms. The Hall–Kier alpha value is -1.40. The predicted molar refractivity (Wildman–Crippen MR) is 87.8 cm³/mol. The fourth-order valence-electron chi connectivity index (χ4n) is 4.07. The molecule has 6 heteroatoms. The number of carbonyl (C=O) groups excluding carboxylic acids is 1. The summed E-state index contributed by atoms with van der Waals surface area (Å²) in [6.45, 7) is 4.46. The van der Waals surface area contributed by atoms with Crippen LogP contribution in [0.15, 0.2) is 12.4 Å². The highest BCUT2D eigenvalue weighted by atomic mass is 16.5. The number of hydrogen-bond acceptors (Lipinski definition) is 4. The first-order chi connectivity index (χ1) is 11.2. The fourth-order valence-corrected chi connectivity index (χ4v) is 4.07. The normalized spacial score (nSPS) is 26.2. The van der Waals surface area contributed by atoms with Crippen molar-refractivity contribution >= 4 is 5.91 Å². The second-order valence-electron chi connectivity index (χ2n) is 6.85. The van der Waals surface area contributed by atoms with Crippen LogP contribution in [0.5, 0.6) is 0 Å². The number of piperidine rings is 1. The van der Waals surface area contributed by atoms with Crippen molar-refractivity contribution in [3.63, 3.8) is 0 Å². The van der Waals surface area contributed by atoms with Gasteiger partial charge in [-0.15, -0.1) is 0 Å². The van der Waals surface area contributed by atoms with E-state index in [4.69, 9.17) is 4.74 Å². The Morgan fingerprint density at radius 3 is 3.00 bits per heavy atom. The van der Waals surface area contributed by atoms with E-state index in [1.165, 1.54) is 5.56 Å². The Balaban J connectivity index is 1.64. The first-order valence-electron chi connectivity index (χ1n) is 8.65. The molecule has 0 N–H and O–H groups in total. The molecule has 2 atom stereocenters. The van der Waals surface area contributed by atoms with Crippen LogP contribution in [0.4, 0.5) is 0 Å². The topological polar surface area (TPSA) is 50.6 Å². The Kier molecular flexibility index (Phi) is 5.33. The van der Waals surface area contributed by atoms with Gasteiger partial charge in [0.15, 0.2) is 0 Å². The van der Waals surface area contributed by atoms with E-state index in [9.17, 15) is 4.79 Å². The molecule has 2 fully saturated rings. The summed E-state index contributed by atoms with van der Waals surface area (Å²) in [5, 5.41) is 4.26. The molecule has 0 unspecified atom stereocenters. The molecule has 1 aromatic heterocycles. The van der Waals surface area contributed by atoms with Gasteiger partial charge >= 0.3 is 0 Å². The molecular weight excluding hydrogens is 292 g/mol. The number of methoxy groups -OCH3 is 1. The molecular formula is C17H28N4O2. The Bertz CT molecular complexity index is 530. The van der Waals surface area contributed by atoms with Gasteiger partial charge in [-0.25, -0.2) is 0 Å². The molecule has 2 saturated heterocycles. The van der Waals surface area contributed by atoms with Gasteiger partial charge in [0.25, 0.3) is 0 Å². The summed E-state index contributed by atoms with van der Waals surface area (Å²) >= 11 is 0. The van der Waals surface area contributed by atoms with Crippen molar-refractivity contribution in [2.24, 2.45) is 13.0 Å². The van der Waals surface area contributed by atoms with Crippen molar-refractivity contribution in [1.29, 1.82) is 0 Å². The molecule has 6 nitrogen and oxygen atoms in total. The van der Waals surface area contributed by atoms with Crippen LogP contribution in [0.3, 0.4) is 0 Å². The van der Waals surface area contributed by atoms with Gasteiger partial charge in [-0.1, -0.05) is 0 Å². The Labute approximate surface area is 138 Å². The van der Waals surface area contributed by atoms with E-state index in [-0.39, 0.29) is 0 Å². The minimum atomic E-state index is 0.315. The molecule has 0 radical (unpaired) electrons. The van der Waals surface area contributed by atoms with Gasteiger partial charge in [0.05, 0.1) is 12.8 Å². The molecule has 0 aliphatic carbocycles. The molecule has 2 aliphatic rings. The summed E-state index contributed by atoms with van der Waals surface area (Å²) in [6.07, 6.45) is 7.98. The fraction of sp³-hybridized carbons (Fsp3) is 0.765. The lowest BCUT2D eigenvalue weighted by molar-refractivity contribution is -0.135. The standard InChI is InChI=1S/C17H28N4O2/c1-19-11-14(10-18-19)12-20-7-6-16-15(13-20)4-3-5-17(22)21(16)8-9-23-2/h10-11,15-16H,3-9,12-13H2,1-2H3/t15-,16+/m0/s1. The van der Waals surface area contributed by atoms with Crippen LogP contribution in [0.25, 0.3) is 0 Å². The number of hydrogen-bond donors (Lipinski definition) is 0. The van der Waals surface area contributed by atoms with Gasteiger partial charge in [-0.05, 0) is 25.2 Å². The van der Waals surface area contributed by atoms with E-state index in [1.807, 2.05) is 17.9 Å². The predicted octanol–water partition coefficient (Wildman–Crippen LogP) is 1.27. The zero-order valence-electron chi connectivity index (χ0n) is 14.3. The first-order valence-corrected chi connectivity index (χ1v) is 8.65. The molecule has 0 bridgehead atoms. The number of nitrogens with zero attached hydrogens (tertiary/aromatic N) is 4. The van der Waals surface area contributed by atoms with Gasteiger partial charge in [0.1, 0.15) is 0 Å². The number of likely N-dealkylation sites (tertiary alicyclic amines) is 2. The van der Waals surface area contributed by atoms with Crippen molar-refractivity contribution in [2.75, 3.05) is 33.4 Å². The third kappa shape index (κ3) is 3.93. The molecule has 0 aromatic carbocycles. The summed E-state index contributed by atoms with van der Waals surface area (Å²) in [7, 11) is 3.66. The lowest BCUT2D eigenvalue weighted by atomic mass is 9.88. The van der Waals surface area contributed by atoms with Crippen molar-refractivity contribution < 1.29 is 9.53 Å². The maximum absolute atomic E-state index is 12.4. The number of carbonyl (C=O) groups is 1. The third-order valence-corrected chi connectivity index (χ3v) is 5.17. The number of amides is 1. The SMILES string of the molecule is COCCN1C(=O)CCC[C@H]2CN(Cc3cnn(C)c3)CC[C@H]21. The number of fused-ring (bicyclic) bond motifs is 1. The van der Waals surface area contributed by atoms with E-state index >= 15 is 0 Å². The number of aromatic nitrogens is 2. The van der Waals surface area contributed by atoms with Gasteiger partial charge in [-0.3, -0.25) is 14.4 Å². The smallest absolute Gasteiger partial charge is 0.222 e. The number of ether oxygens (including phenoxy) is 1. The average Bonchev–Trinajstić information content (AvgIpc) is 2.87. The molecule has 0 saturated carbocycles. The zero-order valence-corrected chi connectivity index (χ0v) is 14.3. The summed E-state index contributed by atoms with van der Waals surface area (Å²) in [6, 6.07) is 0.394. The summed E-state index contributed by atoms with van der Waals surface area (Å²) < 4.78 is 7.06. The van der Waals surface area contributed by atoms with Crippen molar-refractivity contribution in [3.8, 4) is 0 Å². The highest BCUT2D eigenvalue weighted by Gasteiger charge is 2.37. The Morgan fingerprint density at radius 1 is 1.39 bits per heavy atom. The van der Waals surface area contributed by atoms with Crippen molar-refractivity contribution in [1.82, 2.24) is 19.6 Å². The van der Waals surface area contributed by atoms with Gasteiger partial charge < -0.3 is 9.64 Å². The third-order valence-electron chi connectivity index (χ3n) is 5.17. The van der Waals surface area contributed by atoms with Gasteiger partial charge in [0.2, 0.25) is 5.91 Å².